The van der Waals surface area contributed by atoms with Gasteiger partial charge in [-0.15, -0.1) is 45.3 Å². The van der Waals surface area contributed by atoms with E-state index in [0.717, 1.165) is 47.3 Å². The Morgan fingerprint density at radius 3 is 0.955 bits per heavy atom. The van der Waals surface area contributed by atoms with E-state index in [1.807, 2.05) is 22.3 Å². The van der Waals surface area contributed by atoms with Crippen molar-refractivity contribution in [1.29, 1.82) is 0 Å². The molecule has 4 aromatic rings. The van der Waals surface area contributed by atoms with Crippen LogP contribution < -0.4 is 0 Å². The Balaban J connectivity index is 1.07. The van der Waals surface area contributed by atoms with Crippen LogP contribution in [0.25, 0.3) is 29.3 Å². The Hall–Kier alpha value is -1.20. The second kappa shape index (κ2) is 9.24. The molecule has 0 radical (unpaired) electrons. The molecule has 8 bridgehead atoms. The maximum Gasteiger partial charge on any atom is 0.0490 e. The van der Waals surface area contributed by atoms with Gasteiger partial charge in [0.25, 0.3) is 0 Å². The van der Waals surface area contributed by atoms with E-state index in [2.05, 4.69) is 57.5 Å². The molecule has 12 aliphatic carbocycles. The minimum absolute atomic E-state index is 0.812. The molecular weight excluding hydrogens is 609 g/mol. The van der Waals surface area contributed by atoms with Gasteiger partial charge in [-0.2, -0.15) is 0 Å². The molecule has 0 aliphatic heterocycles. The number of hydrogen-bond donors (Lipinski definition) is 0. The summed E-state index contributed by atoms with van der Waals surface area (Å²) in [5, 5.41) is 0. The first kappa shape index (κ1) is 25.8. The molecule has 4 saturated carbocycles. The maximum absolute atomic E-state index is 2.73. The highest BCUT2D eigenvalue weighted by Crippen LogP contribution is 2.66. The third kappa shape index (κ3) is 3.35. The van der Waals surface area contributed by atoms with E-state index in [1.54, 1.807) is 50.1 Å². The van der Waals surface area contributed by atoms with Crippen LogP contribution in [0.1, 0.15) is 193 Å². The molecule has 0 aromatic carbocycles. The largest absolute Gasteiger partial charge is 0.139 e. The van der Waals surface area contributed by atoms with Crippen LogP contribution in [0.2, 0.25) is 0 Å². The van der Waals surface area contributed by atoms with E-state index in [4.69, 9.17) is 0 Å². The molecule has 0 N–H and O–H groups in total. The van der Waals surface area contributed by atoms with Crippen molar-refractivity contribution in [2.24, 2.45) is 0 Å². The van der Waals surface area contributed by atoms with Gasteiger partial charge in [-0.25, -0.2) is 0 Å². The molecule has 0 spiro atoms. The quantitative estimate of drug-likeness (QED) is 0.207. The molecule has 4 fully saturated rings. The Kier molecular flexibility index (Phi) is 5.42. The third-order valence-corrected chi connectivity index (χ3v) is 20.0. The Morgan fingerprint density at radius 2 is 0.614 bits per heavy atom. The van der Waals surface area contributed by atoms with Crippen LogP contribution >= 0.6 is 45.3 Å². The lowest BCUT2D eigenvalue weighted by Crippen LogP contribution is -2.22. The van der Waals surface area contributed by atoms with Gasteiger partial charge in [-0.05, 0) is 196 Å². The topological polar surface area (TPSA) is 0 Å². The summed E-state index contributed by atoms with van der Waals surface area (Å²) in [7, 11) is 0. The van der Waals surface area contributed by atoms with E-state index in [9.17, 15) is 0 Å². The van der Waals surface area contributed by atoms with Crippen molar-refractivity contribution >= 4 is 45.3 Å². The van der Waals surface area contributed by atoms with Crippen molar-refractivity contribution in [2.45, 2.75) is 150 Å². The van der Waals surface area contributed by atoms with Crippen LogP contribution in [-0.2, 0) is 0 Å². The van der Waals surface area contributed by atoms with E-state index < -0.39 is 0 Å². The zero-order valence-corrected chi connectivity index (χ0v) is 29.0. The van der Waals surface area contributed by atoms with Gasteiger partial charge >= 0.3 is 0 Å². The van der Waals surface area contributed by atoms with Crippen LogP contribution in [0.15, 0.2) is 12.1 Å². The monoisotopic (exact) mass is 650 g/mol. The van der Waals surface area contributed by atoms with Crippen LogP contribution in [-0.4, -0.2) is 0 Å². The molecule has 0 unspecified atom stereocenters. The highest BCUT2D eigenvalue weighted by atomic mass is 32.1. The van der Waals surface area contributed by atoms with Crippen molar-refractivity contribution in [3.63, 3.8) is 0 Å². The molecule has 16 rings (SSSR count). The molecule has 0 nitrogen and oxygen atoms in total. The molecule has 4 heterocycles. The average Bonchev–Trinajstić information content (AvgIpc) is 3.90. The number of rotatable bonds is 3. The highest BCUT2D eigenvalue weighted by Gasteiger charge is 2.45. The van der Waals surface area contributed by atoms with Crippen LogP contribution in [0.5, 0.6) is 0 Å². The maximum atomic E-state index is 2.73. The molecule has 0 saturated heterocycles. The second-order valence-electron chi connectivity index (χ2n) is 16.2. The highest BCUT2D eigenvalue weighted by molar-refractivity contribution is 7.29. The van der Waals surface area contributed by atoms with Gasteiger partial charge in [0, 0.05) is 39.0 Å². The fraction of sp³-hybridized carbons (Fsp3) is 0.600. The second-order valence-corrected chi connectivity index (χ2v) is 20.4. The lowest BCUT2D eigenvalue weighted by atomic mass is 9.65. The van der Waals surface area contributed by atoms with Crippen molar-refractivity contribution in [3.8, 4) is 29.3 Å². The first-order valence-electron chi connectivity index (χ1n) is 18.4. The van der Waals surface area contributed by atoms with Gasteiger partial charge in [0.15, 0.2) is 0 Å². The summed E-state index contributed by atoms with van der Waals surface area (Å²) in [6.45, 7) is 0. The number of hydrogen-bond acceptors (Lipinski definition) is 4. The van der Waals surface area contributed by atoms with E-state index in [0.29, 0.717) is 0 Å². The van der Waals surface area contributed by atoms with E-state index in [1.165, 1.54) is 103 Å². The zero-order chi connectivity index (χ0) is 28.3. The minimum atomic E-state index is 0.812. The van der Waals surface area contributed by atoms with Crippen molar-refractivity contribution in [1.82, 2.24) is 0 Å². The normalized spacial score (nSPS) is 35.2. The van der Waals surface area contributed by atoms with Gasteiger partial charge in [-0.3, -0.25) is 0 Å². The Labute approximate surface area is 278 Å². The fourth-order valence-electron chi connectivity index (χ4n) is 12.3. The summed E-state index contributed by atoms with van der Waals surface area (Å²) in [5.41, 5.74) is 11.0. The number of thiophene rings is 4. The lowest BCUT2D eigenvalue weighted by Gasteiger charge is -2.39. The summed E-state index contributed by atoms with van der Waals surface area (Å²) in [6, 6.07) is 5.46. The van der Waals surface area contributed by atoms with Crippen molar-refractivity contribution in [2.75, 3.05) is 0 Å². The standard InChI is InChI=1S/C40H42S4/c1-13-25-14-2-19(1)27-17-29(41-35(25)27)37-31-21-5-9-23(10-6-21)33(31)39(43-37)40-34-24-11-7-22(8-12-24)32(34)38(44-40)30-18-28-20-3-15-26(16-4-20)36(28)42-30/h17-26H,1-16H2. The van der Waals surface area contributed by atoms with Crippen LogP contribution in [0.3, 0.4) is 0 Å². The molecule has 12 aliphatic rings. The molecule has 4 heteroatoms. The minimum Gasteiger partial charge on any atom is -0.139 e. The Bertz CT molecular complexity index is 1630. The summed E-state index contributed by atoms with van der Waals surface area (Å²) in [5.74, 6) is 6.72. The van der Waals surface area contributed by atoms with E-state index >= 15 is 0 Å². The Morgan fingerprint density at radius 1 is 0.318 bits per heavy atom. The van der Waals surface area contributed by atoms with Crippen molar-refractivity contribution < 1.29 is 0 Å². The predicted octanol–water partition coefficient (Wildman–Crippen LogP) is 14.0. The molecular formula is C40H42S4. The van der Waals surface area contributed by atoms with Crippen LogP contribution in [0.4, 0.5) is 0 Å². The average molecular weight is 651 g/mol. The fourth-order valence-corrected chi connectivity index (χ4v) is 18.4. The molecule has 226 valence electrons. The van der Waals surface area contributed by atoms with Gasteiger partial charge in [0.2, 0.25) is 0 Å². The predicted molar refractivity (Wildman–Crippen MR) is 190 cm³/mol. The third-order valence-electron chi connectivity index (χ3n) is 14.4. The summed E-state index contributed by atoms with van der Waals surface area (Å²) < 4.78 is 0. The summed E-state index contributed by atoms with van der Waals surface area (Å²) >= 11 is 9.05. The SMILES string of the molecule is c1c(-c2sc(-c3sc(-c4cc5c(s4)C4CCC5CC4)c4c3C3CCC4CC3)c3c2C2CCC3CC2)sc2c1C1CCC2CC1. The van der Waals surface area contributed by atoms with Gasteiger partial charge in [0.1, 0.15) is 0 Å². The molecule has 0 amide bonds. The first-order chi connectivity index (χ1) is 21.8. The van der Waals surface area contributed by atoms with Crippen LogP contribution in [0, 0.1) is 0 Å². The van der Waals surface area contributed by atoms with E-state index in [-0.39, 0.29) is 0 Å². The molecule has 0 atom stereocenters. The zero-order valence-electron chi connectivity index (χ0n) is 25.7. The van der Waals surface area contributed by atoms with Crippen molar-refractivity contribution in [3.05, 3.63) is 55.3 Å². The summed E-state index contributed by atoms with van der Waals surface area (Å²) in [4.78, 5) is 13.9. The number of fused-ring (bicyclic) bond motifs is 8. The van der Waals surface area contributed by atoms with Gasteiger partial charge in [-0.1, -0.05) is 0 Å². The smallest absolute Gasteiger partial charge is 0.0490 e. The van der Waals surface area contributed by atoms with Gasteiger partial charge in [0.05, 0.1) is 0 Å². The lowest BCUT2D eigenvalue weighted by molar-refractivity contribution is 0.360. The molecule has 44 heavy (non-hydrogen) atoms. The van der Waals surface area contributed by atoms with Gasteiger partial charge < -0.3 is 0 Å². The first-order valence-corrected chi connectivity index (χ1v) is 21.6. The molecule has 4 aromatic heterocycles. The summed E-state index contributed by atoms with van der Waals surface area (Å²) in [6.07, 6.45) is 23.2.